The second-order valence-electron chi connectivity index (χ2n) is 5.99. The molecular weight excluding hydrogens is 316 g/mol. The Morgan fingerprint density at radius 2 is 2.25 bits per heavy atom. The highest BCUT2D eigenvalue weighted by Crippen LogP contribution is 2.29. The van der Waals surface area contributed by atoms with E-state index in [9.17, 15) is 0 Å². The van der Waals surface area contributed by atoms with Gasteiger partial charge in [0.1, 0.15) is 5.82 Å². The highest BCUT2D eigenvalue weighted by molar-refractivity contribution is 9.10. The van der Waals surface area contributed by atoms with E-state index in [1.165, 1.54) is 25.8 Å². The molecule has 20 heavy (non-hydrogen) atoms. The van der Waals surface area contributed by atoms with Crippen molar-refractivity contribution in [2.24, 2.45) is 5.73 Å². The fourth-order valence-electron chi connectivity index (χ4n) is 3.53. The highest BCUT2D eigenvalue weighted by atomic mass is 79.9. The Bertz CT molecular complexity index is 479. The number of nitrogens with zero attached hydrogens (tertiary/aromatic N) is 3. The first-order valence-electron chi connectivity index (χ1n) is 7.54. The summed E-state index contributed by atoms with van der Waals surface area (Å²) in [4.78, 5) is 9.76. The number of piperidine rings is 1. The van der Waals surface area contributed by atoms with Gasteiger partial charge in [-0.25, -0.2) is 4.98 Å². The molecule has 0 spiro atoms. The smallest absolute Gasteiger partial charge is 0.133 e. The molecule has 2 aliphatic heterocycles. The SMILES string of the molecule is CC1CN2CCCCC2CN1c1ncc(Br)cc1CN. The molecule has 2 aliphatic rings. The lowest BCUT2D eigenvalue weighted by Gasteiger charge is -2.48. The predicted molar refractivity (Wildman–Crippen MR) is 85.8 cm³/mol. The van der Waals surface area contributed by atoms with Crippen LogP contribution in [0.3, 0.4) is 0 Å². The first kappa shape index (κ1) is 14.3. The molecule has 0 bridgehead atoms. The van der Waals surface area contributed by atoms with Gasteiger partial charge < -0.3 is 10.6 Å². The molecule has 0 aromatic carbocycles. The third-order valence-corrected chi connectivity index (χ3v) is 5.02. The molecule has 2 saturated heterocycles. The van der Waals surface area contributed by atoms with Crippen molar-refractivity contribution in [2.75, 3.05) is 24.5 Å². The molecule has 0 saturated carbocycles. The van der Waals surface area contributed by atoms with E-state index in [4.69, 9.17) is 5.73 Å². The van der Waals surface area contributed by atoms with Crippen molar-refractivity contribution >= 4 is 21.7 Å². The Hall–Kier alpha value is -0.650. The maximum Gasteiger partial charge on any atom is 0.133 e. The molecule has 2 atom stereocenters. The molecule has 2 unspecified atom stereocenters. The van der Waals surface area contributed by atoms with Gasteiger partial charge >= 0.3 is 0 Å². The summed E-state index contributed by atoms with van der Waals surface area (Å²) < 4.78 is 1.01. The van der Waals surface area contributed by atoms with Crippen LogP contribution in [0.2, 0.25) is 0 Å². The van der Waals surface area contributed by atoms with Crippen LogP contribution in [-0.4, -0.2) is 41.6 Å². The van der Waals surface area contributed by atoms with Crippen LogP contribution in [0.1, 0.15) is 31.7 Å². The molecule has 1 aromatic rings. The second kappa shape index (κ2) is 6.00. The lowest BCUT2D eigenvalue weighted by Crippen LogP contribution is -2.59. The number of pyridine rings is 1. The van der Waals surface area contributed by atoms with E-state index in [2.05, 4.69) is 43.7 Å². The lowest BCUT2D eigenvalue weighted by atomic mass is 9.97. The molecule has 3 rings (SSSR count). The highest BCUT2D eigenvalue weighted by Gasteiger charge is 2.34. The van der Waals surface area contributed by atoms with Gasteiger partial charge in [-0.2, -0.15) is 0 Å². The average molecular weight is 339 g/mol. The maximum absolute atomic E-state index is 5.91. The van der Waals surface area contributed by atoms with Gasteiger partial charge in [0.25, 0.3) is 0 Å². The zero-order valence-electron chi connectivity index (χ0n) is 12.1. The Morgan fingerprint density at radius 3 is 3.05 bits per heavy atom. The first-order chi connectivity index (χ1) is 9.69. The molecule has 4 nitrogen and oxygen atoms in total. The van der Waals surface area contributed by atoms with Gasteiger partial charge in [-0.1, -0.05) is 6.42 Å². The van der Waals surface area contributed by atoms with Crippen molar-refractivity contribution in [1.29, 1.82) is 0 Å². The van der Waals surface area contributed by atoms with Gasteiger partial charge in [-0.05, 0) is 48.3 Å². The number of rotatable bonds is 2. The minimum atomic E-state index is 0.503. The molecule has 2 N–H and O–H groups in total. The number of halogens is 1. The Morgan fingerprint density at radius 1 is 1.40 bits per heavy atom. The van der Waals surface area contributed by atoms with Crippen LogP contribution in [-0.2, 0) is 6.54 Å². The third kappa shape index (κ3) is 2.71. The zero-order valence-corrected chi connectivity index (χ0v) is 13.6. The van der Waals surface area contributed by atoms with Crippen molar-refractivity contribution in [3.8, 4) is 0 Å². The zero-order chi connectivity index (χ0) is 14.1. The number of fused-ring (bicyclic) bond motifs is 1. The quantitative estimate of drug-likeness (QED) is 0.899. The van der Waals surface area contributed by atoms with Crippen LogP contribution < -0.4 is 10.6 Å². The summed E-state index contributed by atoms with van der Waals surface area (Å²) in [6, 6.07) is 3.29. The van der Waals surface area contributed by atoms with Crippen LogP contribution in [0.4, 0.5) is 5.82 Å². The summed E-state index contributed by atoms with van der Waals surface area (Å²) >= 11 is 3.49. The van der Waals surface area contributed by atoms with Crippen LogP contribution in [0.5, 0.6) is 0 Å². The van der Waals surface area contributed by atoms with E-state index in [1.807, 2.05) is 6.20 Å². The van der Waals surface area contributed by atoms with E-state index < -0.39 is 0 Å². The first-order valence-corrected chi connectivity index (χ1v) is 8.33. The molecule has 0 aliphatic carbocycles. The fraction of sp³-hybridized carbons (Fsp3) is 0.667. The van der Waals surface area contributed by atoms with Crippen LogP contribution in [0.25, 0.3) is 0 Å². The van der Waals surface area contributed by atoms with Gasteiger partial charge in [0.15, 0.2) is 0 Å². The van der Waals surface area contributed by atoms with E-state index >= 15 is 0 Å². The van der Waals surface area contributed by atoms with E-state index in [-0.39, 0.29) is 0 Å². The van der Waals surface area contributed by atoms with E-state index in [0.717, 1.165) is 28.9 Å². The minimum absolute atomic E-state index is 0.503. The normalized spacial score (nSPS) is 27.4. The Labute approximate surface area is 129 Å². The van der Waals surface area contributed by atoms with Crippen molar-refractivity contribution in [2.45, 2.75) is 44.8 Å². The monoisotopic (exact) mass is 338 g/mol. The fourth-order valence-corrected chi connectivity index (χ4v) is 3.91. The number of anilines is 1. The Balaban J connectivity index is 1.85. The van der Waals surface area contributed by atoms with Crippen molar-refractivity contribution in [3.63, 3.8) is 0 Å². The number of piperazine rings is 1. The second-order valence-corrected chi connectivity index (χ2v) is 6.90. The van der Waals surface area contributed by atoms with Gasteiger partial charge in [0, 0.05) is 48.0 Å². The topological polar surface area (TPSA) is 45.4 Å². The molecule has 110 valence electrons. The number of hydrogen-bond donors (Lipinski definition) is 1. The van der Waals surface area contributed by atoms with Crippen molar-refractivity contribution in [3.05, 3.63) is 22.3 Å². The molecule has 2 fully saturated rings. The summed E-state index contributed by atoms with van der Waals surface area (Å²) in [5.41, 5.74) is 7.04. The predicted octanol–water partition coefficient (Wildman–Crippen LogP) is 2.37. The summed E-state index contributed by atoms with van der Waals surface area (Å²) in [6.45, 7) is 6.34. The summed E-state index contributed by atoms with van der Waals surface area (Å²) in [6.07, 6.45) is 5.92. The van der Waals surface area contributed by atoms with Crippen LogP contribution >= 0.6 is 15.9 Å². The number of aromatic nitrogens is 1. The molecule has 5 heteroatoms. The van der Waals surface area contributed by atoms with E-state index in [0.29, 0.717) is 18.6 Å². The summed E-state index contributed by atoms with van der Waals surface area (Å²) in [5.74, 6) is 1.08. The Kier molecular flexibility index (Phi) is 4.29. The van der Waals surface area contributed by atoms with E-state index in [1.54, 1.807) is 0 Å². The lowest BCUT2D eigenvalue weighted by molar-refractivity contribution is 0.115. The van der Waals surface area contributed by atoms with Gasteiger partial charge in [0.2, 0.25) is 0 Å². The van der Waals surface area contributed by atoms with Gasteiger partial charge in [0.05, 0.1) is 0 Å². The largest absolute Gasteiger partial charge is 0.351 e. The summed E-state index contributed by atoms with van der Waals surface area (Å²) in [7, 11) is 0. The third-order valence-electron chi connectivity index (χ3n) is 4.59. The molecular formula is C15H23BrN4. The average Bonchev–Trinajstić information content (AvgIpc) is 2.46. The number of hydrogen-bond acceptors (Lipinski definition) is 4. The minimum Gasteiger partial charge on any atom is -0.351 e. The van der Waals surface area contributed by atoms with Gasteiger partial charge in [-0.3, -0.25) is 4.90 Å². The summed E-state index contributed by atoms with van der Waals surface area (Å²) in [5, 5.41) is 0. The number of nitrogens with two attached hydrogens (primary N) is 1. The maximum atomic E-state index is 5.91. The van der Waals surface area contributed by atoms with Crippen LogP contribution in [0.15, 0.2) is 16.7 Å². The molecule has 1 aromatic heterocycles. The standard InChI is InChI=1S/C15H23BrN4/c1-11-9-19-5-3-2-4-14(19)10-20(11)15-12(7-17)6-13(16)8-18-15/h6,8,11,14H,2-5,7,9-10,17H2,1H3. The molecule has 3 heterocycles. The van der Waals surface area contributed by atoms with Crippen molar-refractivity contribution in [1.82, 2.24) is 9.88 Å². The molecule has 0 amide bonds. The molecule has 0 radical (unpaired) electrons. The van der Waals surface area contributed by atoms with Gasteiger partial charge in [-0.15, -0.1) is 0 Å². The van der Waals surface area contributed by atoms with Crippen LogP contribution in [0, 0.1) is 0 Å². The van der Waals surface area contributed by atoms with Crippen molar-refractivity contribution < 1.29 is 0 Å².